The summed E-state index contributed by atoms with van der Waals surface area (Å²) < 4.78 is 5.86. The van der Waals surface area contributed by atoms with Crippen molar-refractivity contribution in [2.75, 3.05) is 30.8 Å². The molecule has 27 heavy (non-hydrogen) atoms. The van der Waals surface area contributed by atoms with Crippen LogP contribution in [0, 0.1) is 5.92 Å². The summed E-state index contributed by atoms with van der Waals surface area (Å²) in [7, 11) is 0. The molecule has 7 nitrogen and oxygen atoms in total. The van der Waals surface area contributed by atoms with Gasteiger partial charge in [-0.05, 0) is 31.6 Å². The minimum absolute atomic E-state index is 0.102. The smallest absolute Gasteiger partial charge is 0.316 e. The number of carbonyl (C=O) groups is 2. The van der Waals surface area contributed by atoms with Gasteiger partial charge in [-0.3, -0.25) is 9.59 Å². The van der Waals surface area contributed by atoms with E-state index in [9.17, 15) is 9.59 Å². The molecule has 3 rings (SSSR count). The molecule has 0 spiro atoms. The van der Waals surface area contributed by atoms with Crippen LogP contribution in [-0.2, 0) is 14.3 Å². The number of thioether (sulfide) groups is 1. The third-order valence-electron chi connectivity index (χ3n) is 5.15. The number of hydrogen-bond donors (Lipinski definition) is 1. The fraction of sp³-hybridized carbons (Fsp3) is 0.778. The summed E-state index contributed by atoms with van der Waals surface area (Å²) in [6.45, 7) is 3.54. The third-order valence-corrected chi connectivity index (χ3v) is 7.11. The van der Waals surface area contributed by atoms with E-state index in [1.807, 2.05) is 0 Å². The summed E-state index contributed by atoms with van der Waals surface area (Å²) in [5, 5.41) is 12.5. The molecule has 2 fully saturated rings. The Morgan fingerprint density at radius 2 is 1.93 bits per heavy atom. The van der Waals surface area contributed by atoms with Gasteiger partial charge in [-0.2, -0.15) is 0 Å². The lowest BCUT2D eigenvalue weighted by molar-refractivity contribution is -0.150. The topological polar surface area (TPSA) is 84.4 Å². The maximum absolute atomic E-state index is 12.1. The Morgan fingerprint density at radius 3 is 2.67 bits per heavy atom. The van der Waals surface area contributed by atoms with Crippen molar-refractivity contribution in [1.29, 1.82) is 0 Å². The first-order valence-corrected chi connectivity index (χ1v) is 11.6. The molecule has 2 aliphatic rings. The van der Waals surface area contributed by atoms with E-state index in [4.69, 9.17) is 4.74 Å². The lowest BCUT2D eigenvalue weighted by Crippen LogP contribution is -2.40. The van der Waals surface area contributed by atoms with Gasteiger partial charge in [0.15, 0.2) is 10.9 Å². The molecule has 1 saturated carbocycles. The van der Waals surface area contributed by atoms with Crippen molar-refractivity contribution in [3.05, 3.63) is 0 Å². The van der Waals surface area contributed by atoms with Crippen molar-refractivity contribution >= 4 is 40.1 Å². The number of anilines is 1. The summed E-state index contributed by atoms with van der Waals surface area (Å²) in [5.74, 6) is 0.311. The SMILES string of the molecule is CC1CCN(C(=O)COC(=O)CSc2nnc(NC3CCCCC3)s2)CC1. The number of nitrogens with zero attached hydrogens (tertiary/aromatic N) is 3. The normalized spacial score (nSPS) is 19.1. The van der Waals surface area contributed by atoms with Crippen LogP contribution in [0.1, 0.15) is 51.9 Å². The Hall–Kier alpha value is -1.35. The quantitative estimate of drug-likeness (QED) is 0.544. The van der Waals surface area contributed by atoms with Crippen LogP contribution in [0.3, 0.4) is 0 Å². The number of aromatic nitrogens is 2. The Balaban J connectivity index is 1.33. The molecule has 0 unspecified atom stereocenters. The van der Waals surface area contributed by atoms with E-state index < -0.39 is 5.97 Å². The molecule has 0 radical (unpaired) electrons. The van der Waals surface area contributed by atoms with Crippen LogP contribution in [0.25, 0.3) is 0 Å². The highest BCUT2D eigenvalue weighted by molar-refractivity contribution is 8.01. The number of amides is 1. The van der Waals surface area contributed by atoms with E-state index in [1.165, 1.54) is 55.2 Å². The Kier molecular flexibility index (Phi) is 7.75. The molecule has 1 saturated heterocycles. The highest BCUT2D eigenvalue weighted by atomic mass is 32.2. The van der Waals surface area contributed by atoms with E-state index in [1.54, 1.807) is 4.90 Å². The number of carbonyl (C=O) groups excluding carboxylic acids is 2. The Morgan fingerprint density at radius 1 is 1.19 bits per heavy atom. The fourth-order valence-corrected chi connectivity index (χ4v) is 5.03. The first-order valence-electron chi connectivity index (χ1n) is 9.76. The van der Waals surface area contributed by atoms with Crippen molar-refractivity contribution in [3.63, 3.8) is 0 Å². The van der Waals surface area contributed by atoms with Crippen molar-refractivity contribution in [1.82, 2.24) is 15.1 Å². The fourth-order valence-electron chi connectivity index (χ4n) is 3.40. The highest BCUT2D eigenvalue weighted by Gasteiger charge is 2.21. The summed E-state index contributed by atoms with van der Waals surface area (Å²) >= 11 is 2.77. The van der Waals surface area contributed by atoms with E-state index in [2.05, 4.69) is 22.4 Å². The highest BCUT2D eigenvalue weighted by Crippen LogP contribution is 2.28. The number of piperidine rings is 1. The maximum Gasteiger partial charge on any atom is 0.316 e. The number of hydrogen-bond acceptors (Lipinski definition) is 8. The number of rotatable bonds is 7. The number of esters is 1. The zero-order valence-electron chi connectivity index (χ0n) is 15.8. The standard InChI is InChI=1S/C18H28N4O3S2/c1-13-7-9-22(10-8-13)15(23)11-25-16(24)12-26-18-21-20-17(27-18)19-14-5-3-2-4-6-14/h13-14H,2-12H2,1H3,(H,19,20). The van der Waals surface area contributed by atoms with Gasteiger partial charge in [-0.1, -0.05) is 49.3 Å². The van der Waals surface area contributed by atoms with E-state index >= 15 is 0 Å². The molecule has 150 valence electrons. The van der Waals surface area contributed by atoms with E-state index in [0.29, 0.717) is 12.0 Å². The van der Waals surface area contributed by atoms with Gasteiger partial charge in [0.25, 0.3) is 5.91 Å². The molecule has 0 atom stereocenters. The minimum Gasteiger partial charge on any atom is -0.455 e. The summed E-state index contributed by atoms with van der Waals surface area (Å²) in [6, 6.07) is 0.485. The second kappa shape index (κ2) is 10.3. The van der Waals surface area contributed by atoms with Crippen LogP contribution in [0.2, 0.25) is 0 Å². The number of likely N-dealkylation sites (tertiary alicyclic amines) is 1. The molecular formula is C18H28N4O3S2. The lowest BCUT2D eigenvalue weighted by atomic mass is 9.96. The molecule has 2 heterocycles. The summed E-state index contributed by atoms with van der Waals surface area (Å²) in [5.41, 5.74) is 0. The molecule has 0 bridgehead atoms. The van der Waals surface area contributed by atoms with Crippen LogP contribution in [-0.4, -0.2) is 58.5 Å². The molecule has 9 heteroatoms. The van der Waals surface area contributed by atoms with Crippen LogP contribution in [0.5, 0.6) is 0 Å². The molecule has 1 aliphatic heterocycles. The van der Waals surface area contributed by atoms with Crippen LogP contribution in [0.15, 0.2) is 4.34 Å². The molecule has 1 aromatic heterocycles. The zero-order valence-corrected chi connectivity index (χ0v) is 17.4. The van der Waals surface area contributed by atoms with Gasteiger partial charge in [0.05, 0.1) is 5.75 Å². The molecule has 1 aromatic rings. The predicted molar refractivity (Wildman–Crippen MR) is 107 cm³/mol. The number of ether oxygens (including phenoxy) is 1. The second-order valence-electron chi connectivity index (χ2n) is 7.37. The number of nitrogens with one attached hydrogen (secondary N) is 1. The molecule has 0 aromatic carbocycles. The first kappa shape index (κ1) is 20.4. The van der Waals surface area contributed by atoms with Crippen LogP contribution >= 0.6 is 23.1 Å². The van der Waals surface area contributed by atoms with Gasteiger partial charge in [0.2, 0.25) is 5.13 Å². The van der Waals surface area contributed by atoms with Gasteiger partial charge in [-0.15, -0.1) is 10.2 Å². The van der Waals surface area contributed by atoms with Crippen LogP contribution < -0.4 is 5.32 Å². The Bertz CT molecular complexity index is 626. The summed E-state index contributed by atoms with van der Waals surface area (Å²) in [6.07, 6.45) is 8.24. The summed E-state index contributed by atoms with van der Waals surface area (Å²) in [4.78, 5) is 25.8. The zero-order chi connectivity index (χ0) is 19.1. The monoisotopic (exact) mass is 412 g/mol. The van der Waals surface area contributed by atoms with Crippen molar-refractivity contribution < 1.29 is 14.3 Å². The Labute approximate surface area is 168 Å². The van der Waals surface area contributed by atoms with Gasteiger partial charge < -0.3 is 15.0 Å². The molecular weight excluding hydrogens is 384 g/mol. The largest absolute Gasteiger partial charge is 0.455 e. The van der Waals surface area contributed by atoms with Crippen molar-refractivity contribution in [2.24, 2.45) is 5.92 Å². The van der Waals surface area contributed by atoms with Gasteiger partial charge >= 0.3 is 5.97 Å². The third kappa shape index (κ3) is 6.64. The van der Waals surface area contributed by atoms with E-state index in [0.717, 1.165) is 35.4 Å². The second-order valence-corrected chi connectivity index (χ2v) is 9.57. The first-order chi connectivity index (χ1) is 13.1. The van der Waals surface area contributed by atoms with Gasteiger partial charge in [-0.25, -0.2) is 0 Å². The molecule has 1 amide bonds. The van der Waals surface area contributed by atoms with Gasteiger partial charge in [0, 0.05) is 19.1 Å². The average Bonchev–Trinajstić information content (AvgIpc) is 3.13. The molecule has 1 aliphatic carbocycles. The molecule has 1 N–H and O–H groups in total. The average molecular weight is 413 g/mol. The van der Waals surface area contributed by atoms with Crippen molar-refractivity contribution in [3.8, 4) is 0 Å². The lowest BCUT2D eigenvalue weighted by Gasteiger charge is -2.30. The van der Waals surface area contributed by atoms with Gasteiger partial charge in [0.1, 0.15) is 0 Å². The minimum atomic E-state index is -0.393. The van der Waals surface area contributed by atoms with E-state index in [-0.39, 0.29) is 18.3 Å². The van der Waals surface area contributed by atoms with Crippen molar-refractivity contribution in [2.45, 2.75) is 62.3 Å². The van der Waals surface area contributed by atoms with Crippen LogP contribution in [0.4, 0.5) is 5.13 Å². The predicted octanol–water partition coefficient (Wildman–Crippen LogP) is 3.18. The maximum atomic E-state index is 12.1.